The van der Waals surface area contributed by atoms with Crippen molar-refractivity contribution < 1.29 is 23.0 Å². The summed E-state index contributed by atoms with van der Waals surface area (Å²) in [6.45, 7) is 1.60. The van der Waals surface area contributed by atoms with Crippen molar-refractivity contribution in [2.75, 3.05) is 0 Å². The van der Waals surface area contributed by atoms with Crippen molar-refractivity contribution in [1.29, 1.82) is 0 Å². The van der Waals surface area contributed by atoms with E-state index in [1.165, 1.54) is 26.4 Å². The number of ether oxygens (including phenoxy) is 2. The first kappa shape index (κ1) is 19.4. The average molecular weight is 393 g/mol. The molecule has 3 rings (SSSR count). The van der Waals surface area contributed by atoms with Crippen LogP contribution in [0, 0.1) is 12.8 Å². The molecule has 0 radical (unpaired) electrons. The average Bonchev–Trinajstić information content (AvgIpc) is 2.88. The molecule has 0 bridgehead atoms. The number of alkyl halides is 2. The first-order valence-corrected chi connectivity index (χ1v) is 8.28. The summed E-state index contributed by atoms with van der Waals surface area (Å²) in [6.07, 6.45) is 2.70. The molecule has 1 N–H and O–H groups in total. The van der Waals surface area contributed by atoms with Gasteiger partial charge in [-0.1, -0.05) is 13.8 Å². The molecule has 0 aromatic carbocycles. The standard InChI is InChI=1S/C17H17F2N5O4/c1-7(2)16(26)27-12-10(14(25)22-13-11(12)20-5-6-21-13)9-8(3)23-24(4)15(9)28-17(18)19/h5-7,17H,1-4H3,(H,21,22,25). The monoisotopic (exact) mass is 393 g/mol. The lowest BCUT2D eigenvalue weighted by Crippen LogP contribution is -2.20. The minimum absolute atomic E-state index is 0.0249. The summed E-state index contributed by atoms with van der Waals surface area (Å²) in [5.41, 5.74) is -0.520. The van der Waals surface area contributed by atoms with Gasteiger partial charge in [-0.25, -0.2) is 14.6 Å². The maximum Gasteiger partial charge on any atom is 0.388 e. The Morgan fingerprint density at radius 3 is 2.54 bits per heavy atom. The number of aryl methyl sites for hydroxylation is 2. The molecule has 0 saturated heterocycles. The van der Waals surface area contributed by atoms with E-state index in [2.05, 4.69) is 24.8 Å². The predicted molar refractivity (Wildman–Crippen MR) is 94.2 cm³/mol. The molecule has 148 valence electrons. The Labute approximate surface area is 157 Å². The maximum absolute atomic E-state index is 12.9. The van der Waals surface area contributed by atoms with Gasteiger partial charge < -0.3 is 14.5 Å². The fourth-order valence-corrected chi connectivity index (χ4v) is 2.68. The second kappa shape index (κ2) is 7.33. The van der Waals surface area contributed by atoms with Gasteiger partial charge in [0.1, 0.15) is 5.52 Å². The van der Waals surface area contributed by atoms with E-state index in [4.69, 9.17) is 4.74 Å². The van der Waals surface area contributed by atoms with E-state index >= 15 is 0 Å². The van der Waals surface area contributed by atoms with Gasteiger partial charge >= 0.3 is 12.6 Å². The van der Waals surface area contributed by atoms with Crippen LogP contribution >= 0.6 is 0 Å². The zero-order valence-corrected chi connectivity index (χ0v) is 15.5. The Morgan fingerprint density at radius 2 is 1.89 bits per heavy atom. The van der Waals surface area contributed by atoms with Gasteiger partial charge in [0.15, 0.2) is 11.4 Å². The number of pyridine rings is 1. The lowest BCUT2D eigenvalue weighted by Gasteiger charge is -2.14. The summed E-state index contributed by atoms with van der Waals surface area (Å²) in [6, 6.07) is 0. The zero-order valence-electron chi connectivity index (χ0n) is 15.5. The van der Waals surface area contributed by atoms with E-state index < -0.39 is 24.1 Å². The van der Waals surface area contributed by atoms with Gasteiger partial charge in [0, 0.05) is 19.4 Å². The van der Waals surface area contributed by atoms with Gasteiger partial charge in [-0.15, -0.1) is 0 Å². The molecule has 0 aliphatic heterocycles. The van der Waals surface area contributed by atoms with Crippen molar-refractivity contribution in [2.24, 2.45) is 13.0 Å². The van der Waals surface area contributed by atoms with Crippen molar-refractivity contribution in [1.82, 2.24) is 24.7 Å². The molecule has 0 aliphatic rings. The van der Waals surface area contributed by atoms with Crippen molar-refractivity contribution in [3.05, 3.63) is 28.4 Å². The van der Waals surface area contributed by atoms with Crippen molar-refractivity contribution in [3.63, 3.8) is 0 Å². The van der Waals surface area contributed by atoms with Crippen LogP contribution in [0.2, 0.25) is 0 Å². The number of esters is 1. The van der Waals surface area contributed by atoms with Crippen LogP contribution in [0.4, 0.5) is 8.78 Å². The molecule has 0 aliphatic carbocycles. The molecule has 0 unspecified atom stereocenters. The quantitative estimate of drug-likeness (QED) is 0.661. The van der Waals surface area contributed by atoms with E-state index in [1.54, 1.807) is 13.8 Å². The van der Waals surface area contributed by atoms with Crippen LogP contribution in [0.3, 0.4) is 0 Å². The Hall–Kier alpha value is -3.37. The zero-order chi connectivity index (χ0) is 20.6. The van der Waals surface area contributed by atoms with E-state index in [9.17, 15) is 18.4 Å². The van der Waals surface area contributed by atoms with Crippen molar-refractivity contribution in [3.8, 4) is 22.8 Å². The second-order valence-corrected chi connectivity index (χ2v) is 6.26. The molecule has 0 saturated carbocycles. The number of H-pyrrole nitrogens is 1. The Bertz CT molecular complexity index is 1110. The highest BCUT2D eigenvalue weighted by atomic mass is 19.3. The van der Waals surface area contributed by atoms with Gasteiger partial charge in [-0.2, -0.15) is 13.9 Å². The van der Waals surface area contributed by atoms with Crippen LogP contribution in [0.25, 0.3) is 22.3 Å². The number of nitrogens with one attached hydrogen (secondary N) is 1. The summed E-state index contributed by atoms with van der Waals surface area (Å²) in [4.78, 5) is 35.7. The third kappa shape index (κ3) is 3.42. The van der Waals surface area contributed by atoms with Gasteiger partial charge in [0.25, 0.3) is 5.56 Å². The number of carbonyl (C=O) groups excluding carboxylic acids is 1. The number of hydrogen-bond acceptors (Lipinski definition) is 7. The second-order valence-electron chi connectivity index (χ2n) is 6.26. The number of aromatic amines is 1. The third-order valence-electron chi connectivity index (χ3n) is 3.89. The van der Waals surface area contributed by atoms with Crippen LogP contribution in [0.1, 0.15) is 19.5 Å². The fourth-order valence-electron chi connectivity index (χ4n) is 2.68. The SMILES string of the molecule is Cc1nn(C)c(OC(F)F)c1-c1c(OC(=O)C(C)C)c2nccnc2[nH]c1=O. The molecule has 0 atom stereocenters. The molecule has 0 fully saturated rings. The highest BCUT2D eigenvalue weighted by Crippen LogP contribution is 2.39. The Kier molecular flexibility index (Phi) is 5.08. The van der Waals surface area contributed by atoms with Gasteiger partial charge in [-0.05, 0) is 6.92 Å². The van der Waals surface area contributed by atoms with E-state index in [1.807, 2.05) is 0 Å². The number of aromatic nitrogens is 5. The normalized spacial score (nSPS) is 11.4. The lowest BCUT2D eigenvalue weighted by atomic mass is 10.1. The van der Waals surface area contributed by atoms with Crippen LogP contribution < -0.4 is 15.0 Å². The summed E-state index contributed by atoms with van der Waals surface area (Å²) in [5.74, 6) is -1.67. The summed E-state index contributed by atoms with van der Waals surface area (Å²) < 4.78 is 36.9. The van der Waals surface area contributed by atoms with Gasteiger partial charge in [0.05, 0.1) is 22.7 Å². The van der Waals surface area contributed by atoms with E-state index in [0.717, 1.165) is 4.68 Å². The third-order valence-corrected chi connectivity index (χ3v) is 3.89. The summed E-state index contributed by atoms with van der Waals surface area (Å²) in [5, 5.41) is 4.05. The Morgan fingerprint density at radius 1 is 1.21 bits per heavy atom. The summed E-state index contributed by atoms with van der Waals surface area (Å²) >= 11 is 0. The number of rotatable bonds is 5. The highest BCUT2D eigenvalue weighted by Gasteiger charge is 2.29. The van der Waals surface area contributed by atoms with Gasteiger partial charge in [-0.3, -0.25) is 9.59 Å². The van der Waals surface area contributed by atoms with Crippen LogP contribution in [-0.2, 0) is 11.8 Å². The molecular formula is C17H17F2N5O4. The predicted octanol–water partition coefficient (Wildman–Crippen LogP) is 2.19. The fraction of sp³-hybridized carbons (Fsp3) is 0.353. The van der Waals surface area contributed by atoms with E-state index in [0.29, 0.717) is 0 Å². The molecule has 3 aromatic heterocycles. The van der Waals surface area contributed by atoms with Crippen molar-refractivity contribution in [2.45, 2.75) is 27.4 Å². The molecule has 0 amide bonds. The van der Waals surface area contributed by atoms with E-state index in [-0.39, 0.29) is 39.6 Å². The molecular weight excluding hydrogens is 376 g/mol. The first-order valence-electron chi connectivity index (χ1n) is 8.28. The number of nitrogens with zero attached hydrogens (tertiary/aromatic N) is 4. The minimum Gasteiger partial charge on any atom is -0.423 e. The molecule has 0 spiro atoms. The maximum atomic E-state index is 12.9. The lowest BCUT2D eigenvalue weighted by molar-refractivity contribution is -0.137. The first-order chi connectivity index (χ1) is 13.2. The largest absolute Gasteiger partial charge is 0.423 e. The molecule has 3 aromatic rings. The summed E-state index contributed by atoms with van der Waals surface area (Å²) in [7, 11) is 1.39. The van der Waals surface area contributed by atoms with Crippen molar-refractivity contribution >= 4 is 17.1 Å². The smallest absolute Gasteiger partial charge is 0.388 e. The molecule has 9 nitrogen and oxygen atoms in total. The number of carbonyl (C=O) groups is 1. The minimum atomic E-state index is -3.14. The van der Waals surface area contributed by atoms with Crippen LogP contribution in [0.5, 0.6) is 11.6 Å². The number of halogens is 2. The highest BCUT2D eigenvalue weighted by molar-refractivity contribution is 5.92. The molecule has 28 heavy (non-hydrogen) atoms. The van der Waals surface area contributed by atoms with Gasteiger partial charge in [0.2, 0.25) is 5.88 Å². The Balaban J connectivity index is 2.37. The number of fused-ring (bicyclic) bond motifs is 1. The van der Waals surface area contributed by atoms with Crippen LogP contribution in [-0.4, -0.2) is 37.3 Å². The number of hydrogen-bond donors (Lipinski definition) is 1. The molecule has 3 heterocycles. The van der Waals surface area contributed by atoms with Crippen LogP contribution in [0.15, 0.2) is 17.2 Å². The molecule has 11 heteroatoms. The topological polar surface area (TPSA) is 112 Å².